The van der Waals surface area contributed by atoms with Gasteiger partial charge in [0.2, 0.25) is 0 Å². The minimum absolute atomic E-state index is 0.491. The number of nitrogens with zero attached hydrogens (tertiary/aromatic N) is 1. The van der Waals surface area contributed by atoms with E-state index in [1.807, 2.05) is 0 Å². The van der Waals surface area contributed by atoms with Gasteiger partial charge in [-0.1, -0.05) is 25.0 Å². The van der Waals surface area contributed by atoms with E-state index < -0.39 is 10.2 Å². The molecule has 0 fully saturated rings. The summed E-state index contributed by atoms with van der Waals surface area (Å²) in [7, 11) is -1.67. The van der Waals surface area contributed by atoms with E-state index >= 15 is 0 Å². The lowest BCUT2D eigenvalue weighted by Gasteiger charge is -2.18. The standard InChI is InChI=1S/C12H25N3O2S/c1-3-4-11-15(2)18(16,17)14-10-7-12-5-8-13-9-6-12/h5,13-14H,3-4,6-11H2,1-2H3. The van der Waals surface area contributed by atoms with Crippen molar-refractivity contribution in [1.29, 1.82) is 0 Å². The fourth-order valence-electron chi connectivity index (χ4n) is 1.85. The molecule has 5 nitrogen and oxygen atoms in total. The molecule has 1 rings (SSSR count). The van der Waals surface area contributed by atoms with Gasteiger partial charge >= 0.3 is 0 Å². The Balaban J connectivity index is 2.30. The zero-order valence-electron chi connectivity index (χ0n) is 11.4. The van der Waals surface area contributed by atoms with Crippen LogP contribution in [0.4, 0.5) is 0 Å². The van der Waals surface area contributed by atoms with Crippen LogP contribution in [0.3, 0.4) is 0 Å². The third-order valence-electron chi connectivity index (χ3n) is 3.13. The quantitative estimate of drug-likeness (QED) is 0.646. The fourth-order valence-corrected chi connectivity index (χ4v) is 2.80. The molecule has 0 saturated heterocycles. The van der Waals surface area contributed by atoms with Crippen LogP contribution in [0.1, 0.15) is 32.6 Å². The highest BCUT2D eigenvalue weighted by Crippen LogP contribution is 2.08. The van der Waals surface area contributed by atoms with Gasteiger partial charge in [0.15, 0.2) is 0 Å². The van der Waals surface area contributed by atoms with Gasteiger partial charge < -0.3 is 5.32 Å². The highest BCUT2D eigenvalue weighted by Gasteiger charge is 2.16. The molecule has 0 spiro atoms. The molecule has 0 aromatic rings. The second kappa shape index (κ2) is 7.89. The van der Waals surface area contributed by atoms with E-state index in [1.54, 1.807) is 7.05 Å². The molecule has 0 atom stereocenters. The first kappa shape index (κ1) is 15.6. The van der Waals surface area contributed by atoms with Crippen molar-refractivity contribution in [3.8, 4) is 0 Å². The molecule has 0 aromatic carbocycles. The van der Waals surface area contributed by atoms with Gasteiger partial charge in [0, 0.05) is 26.7 Å². The molecule has 1 aliphatic heterocycles. The van der Waals surface area contributed by atoms with Crippen molar-refractivity contribution < 1.29 is 8.42 Å². The topological polar surface area (TPSA) is 61.4 Å². The Hall–Kier alpha value is -0.430. The van der Waals surface area contributed by atoms with Gasteiger partial charge in [-0.25, -0.2) is 4.72 Å². The summed E-state index contributed by atoms with van der Waals surface area (Å²) in [6.45, 7) is 5.02. The highest BCUT2D eigenvalue weighted by atomic mass is 32.2. The first-order valence-electron chi connectivity index (χ1n) is 6.66. The van der Waals surface area contributed by atoms with E-state index in [0.717, 1.165) is 38.8 Å². The summed E-state index contributed by atoms with van der Waals surface area (Å²) in [6.07, 6.45) is 5.88. The largest absolute Gasteiger partial charge is 0.313 e. The minimum atomic E-state index is -3.29. The molecule has 1 aliphatic rings. The Kier molecular flexibility index (Phi) is 6.85. The molecule has 0 unspecified atom stereocenters. The summed E-state index contributed by atoms with van der Waals surface area (Å²) >= 11 is 0. The number of hydrogen-bond acceptors (Lipinski definition) is 3. The van der Waals surface area contributed by atoms with Crippen molar-refractivity contribution in [2.45, 2.75) is 32.6 Å². The molecule has 106 valence electrons. The van der Waals surface area contributed by atoms with Gasteiger partial charge in [-0.2, -0.15) is 12.7 Å². The molecule has 0 aromatic heterocycles. The lowest BCUT2D eigenvalue weighted by atomic mass is 10.1. The number of unbranched alkanes of at least 4 members (excludes halogenated alkanes) is 1. The Morgan fingerprint density at radius 3 is 2.89 bits per heavy atom. The van der Waals surface area contributed by atoms with Crippen molar-refractivity contribution in [1.82, 2.24) is 14.3 Å². The highest BCUT2D eigenvalue weighted by molar-refractivity contribution is 7.87. The van der Waals surface area contributed by atoms with Crippen LogP contribution in [0.2, 0.25) is 0 Å². The van der Waals surface area contributed by atoms with Crippen molar-refractivity contribution in [2.24, 2.45) is 0 Å². The van der Waals surface area contributed by atoms with Crippen molar-refractivity contribution in [2.75, 3.05) is 33.2 Å². The van der Waals surface area contributed by atoms with Crippen LogP contribution in [0.15, 0.2) is 11.6 Å². The van der Waals surface area contributed by atoms with E-state index in [-0.39, 0.29) is 0 Å². The second-order valence-corrected chi connectivity index (χ2v) is 6.50. The van der Waals surface area contributed by atoms with Crippen LogP contribution in [-0.2, 0) is 10.2 Å². The van der Waals surface area contributed by atoms with Crippen LogP contribution >= 0.6 is 0 Å². The number of rotatable bonds is 8. The first-order chi connectivity index (χ1) is 8.56. The second-order valence-electron chi connectivity index (χ2n) is 4.64. The van der Waals surface area contributed by atoms with Crippen LogP contribution < -0.4 is 10.0 Å². The SMILES string of the molecule is CCCCN(C)S(=O)(=O)NCCC1=CCNCC1. The third kappa shape index (κ3) is 5.48. The maximum atomic E-state index is 11.9. The Morgan fingerprint density at radius 1 is 1.50 bits per heavy atom. The Morgan fingerprint density at radius 2 is 2.28 bits per heavy atom. The lowest BCUT2D eigenvalue weighted by Crippen LogP contribution is -2.39. The fraction of sp³-hybridized carbons (Fsp3) is 0.833. The summed E-state index contributed by atoms with van der Waals surface area (Å²) in [6, 6.07) is 0. The van der Waals surface area contributed by atoms with E-state index in [9.17, 15) is 8.42 Å². The molecule has 0 amide bonds. The molecule has 2 N–H and O–H groups in total. The molecule has 0 radical (unpaired) electrons. The Bertz CT molecular complexity index is 366. The van der Waals surface area contributed by atoms with Crippen molar-refractivity contribution in [3.05, 3.63) is 11.6 Å². The predicted molar refractivity (Wildman–Crippen MR) is 74.6 cm³/mol. The summed E-state index contributed by atoms with van der Waals surface area (Å²) in [5.41, 5.74) is 1.34. The van der Waals surface area contributed by atoms with Gasteiger partial charge in [0.25, 0.3) is 10.2 Å². The smallest absolute Gasteiger partial charge is 0.279 e. The van der Waals surface area contributed by atoms with Crippen LogP contribution in [0.25, 0.3) is 0 Å². The summed E-state index contributed by atoms with van der Waals surface area (Å²) in [4.78, 5) is 0. The van der Waals surface area contributed by atoms with Crippen molar-refractivity contribution in [3.63, 3.8) is 0 Å². The van der Waals surface area contributed by atoms with E-state index in [1.165, 1.54) is 9.88 Å². The van der Waals surface area contributed by atoms with Crippen LogP contribution in [0.5, 0.6) is 0 Å². The number of nitrogens with one attached hydrogen (secondary N) is 2. The van der Waals surface area contributed by atoms with E-state index in [2.05, 4.69) is 23.0 Å². The van der Waals surface area contributed by atoms with Gasteiger partial charge in [-0.05, 0) is 25.8 Å². The summed E-state index contributed by atoms with van der Waals surface area (Å²) in [5, 5.41) is 3.24. The monoisotopic (exact) mass is 275 g/mol. The normalized spacial score (nSPS) is 16.9. The van der Waals surface area contributed by atoms with Gasteiger partial charge in [-0.15, -0.1) is 0 Å². The van der Waals surface area contributed by atoms with E-state index in [4.69, 9.17) is 0 Å². The van der Waals surface area contributed by atoms with Gasteiger partial charge in [0.1, 0.15) is 0 Å². The predicted octanol–water partition coefficient (Wildman–Crippen LogP) is 0.862. The summed E-state index contributed by atoms with van der Waals surface area (Å²) in [5.74, 6) is 0. The molecular weight excluding hydrogens is 250 g/mol. The maximum Gasteiger partial charge on any atom is 0.279 e. The summed E-state index contributed by atoms with van der Waals surface area (Å²) < 4.78 is 27.8. The van der Waals surface area contributed by atoms with Gasteiger partial charge in [-0.3, -0.25) is 0 Å². The first-order valence-corrected chi connectivity index (χ1v) is 8.10. The average molecular weight is 275 g/mol. The lowest BCUT2D eigenvalue weighted by molar-refractivity contribution is 0.449. The van der Waals surface area contributed by atoms with Crippen LogP contribution in [0, 0.1) is 0 Å². The van der Waals surface area contributed by atoms with Crippen molar-refractivity contribution >= 4 is 10.2 Å². The van der Waals surface area contributed by atoms with Crippen LogP contribution in [-0.4, -0.2) is 45.9 Å². The Labute approximate surface area is 111 Å². The van der Waals surface area contributed by atoms with E-state index in [0.29, 0.717) is 13.1 Å². The average Bonchev–Trinajstić information content (AvgIpc) is 2.37. The molecular formula is C12H25N3O2S. The molecule has 1 heterocycles. The zero-order valence-corrected chi connectivity index (χ0v) is 12.2. The minimum Gasteiger partial charge on any atom is -0.313 e. The third-order valence-corrected chi connectivity index (χ3v) is 4.70. The maximum absolute atomic E-state index is 11.9. The number of hydrogen-bond donors (Lipinski definition) is 2. The molecule has 6 heteroatoms. The zero-order chi connectivity index (χ0) is 13.4. The molecule has 0 bridgehead atoms. The molecule has 0 aliphatic carbocycles. The molecule has 18 heavy (non-hydrogen) atoms. The molecule has 0 saturated carbocycles. The van der Waals surface area contributed by atoms with Gasteiger partial charge in [0.05, 0.1) is 0 Å².